The molecule has 0 aromatic carbocycles. The van der Waals surface area contributed by atoms with Gasteiger partial charge in [-0.15, -0.1) is 0 Å². The number of hydrogen-bond acceptors (Lipinski definition) is 3. The molecule has 2 bridgehead atoms. The van der Waals surface area contributed by atoms with E-state index in [1.807, 2.05) is 0 Å². The lowest BCUT2D eigenvalue weighted by Crippen LogP contribution is -2.43. The first kappa shape index (κ1) is 8.72. The summed E-state index contributed by atoms with van der Waals surface area (Å²) in [6.45, 7) is 2.43. The molecule has 3 heteroatoms. The summed E-state index contributed by atoms with van der Waals surface area (Å²) in [6.07, 6.45) is 6.54. The first-order valence-corrected chi connectivity index (χ1v) is 5.86. The summed E-state index contributed by atoms with van der Waals surface area (Å²) < 4.78 is 0. The zero-order valence-corrected chi connectivity index (χ0v) is 8.52. The normalized spacial score (nSPS) is 45.4. The maximum atomic E-state index is 9.08. The van der Waals surface area contributed by atoms with Gasteiger partial charge < -0.3 is 5.21 Å². The van der Waals surface area contributed by atoms with E-state index in [1.54, 1.807) is 0 Å². The van der Waals surface area contributed by atoms with Crippen LogP contribution in [0.4, 0.5) is 0 Å². The van der Waals surface area contributed by atoms with Crippen LogP contribution in [0.3, 0.4) is 0 Å². The molecule has 2 aliphatic carbocycles. The Morgan fingerprint density at radius 2 is 2.00 bits per heavy atom. The number of oxime groups is 1. The fraction of sp³-hybridized carbons (Fsp3) is 0.909. The second-order valence-corrected chi connectivity index (χ2v) is 4.98. The standard InChI is InChI=1S/C11H18N2O/c14-12-10-8-3-4-9(7-8)11(10)13-5-1-2-6-13/h8-9,11,14H,1-7H2/b12-10-/t8-,9+,11-/m0/s1. The van der Waals surface area contributed by atoms with E-state index >= 15 is 0 Å². The van der Waals surface area contributed by atoms with Gasteiger partial charge in [-0.2, -0.15) is 0 Å². The van der Waals surface area contributed by atoms with Gasteiger partial charge >= 0.3 is 0 Å². The molecule has 2 saturated carbocycles. The highest BCUT2D eigenvalue weighted by molar-refractivity contribution is 5.94. The van der Waals surface area contributed by atoms with Gasteiger partial charge in [-0.1, -0.05) is 5.16 Å². The highest BCUT2D eigenvalue weighted by Gasteiger charge is 2.48. The molecule has 3 atom stereocenters. The van der Waals surface area contributed by atoms with E-state index < -0.39 is 0 Å². The highest BCUT2D eigenvalue weighted by atomic mass is 16.4. The smallest absolute Gasteiger partial charge is 0.0775 e. The third-order valence-electron chi connectivity index (χ3n) is 4.29. The number of rotatable bonds is 1. The monoisotopic (exact) mass is 194 g/mol. The molecule has 0 unspecified atom stereocenters. The van der Waals surface area contributed by atoms with E-state index in [9.17, 15) is 0 Å². The molecule has 14 heavy (non-hydrogen) atoms. The van der Waals surface area contributed by atoms with E-state index in [0.29, 0.717) is 12.0 Å². The van der Waals surface area contributed by atoms with Gasteiger partial charge in [-0.3, -0.25) is 4.90 Å². The van der Waals surface area contributed by atoms with Gasteiger partial charge in [-0.25, -0.2) is 0 Å². The molecule has 1 saturated heterocycles. The van der Waals surface area contributed by atoms with E-state index in [2.05, 4.69) is 10.1 Å². The van der Waals surface area contributed by atoms with Crippen molar-refractivity contribution in [2.75, 3.05) is 13.1 Å². The molecule has 1 N–H and O–H groups in total. The molecular formula is C11H18N2O. The Morgan fingerprint density at radius 3 is 2.71 bits per heavy atom. The van der Waals surface area contributed by atoms with Crippen molar-refractivity contribution in [2.24, 2.45) is 17.0 Å². The maximum absolute atomic E-state index is 9.08. The molecule has 0 amide bonds. The minimum absolute atomic E-state index is 0.501. The van der Waals surface area contributed by atoms with Gasteiger partial charge in [0, 0.05) is 5.92 Å². The molecule has 3 aliphatic rings. The molecule has 1 heterocycles. The summed E-state index contributed by atoms with van der Waals surface area (Å²) in [5.41, 5.74) is 1.10. The molecule has 0 radical (unpaired) electrons. The number of hydrogen-bond donors (Lipinski definition) is 1. The highest BCUT2D eigenvalue weighted by Crippen LogP contribution is 2.45. The van der Waals surface area contributed by atoms with Gasteiger partial charge in [0.1, 0.15) is 0 Å². The van der Waals surface area contributed by atoms with Crippen LogP contribution in [0, 0.1) is 11.8 Å². The second kappa shape index (κ2) is 3.23. The van der Waals surface area contributed by atoms with Crippen LogP contribution in [0.1, 0.15) is 32.1 Å². The summed E-state index contributed by atoms with van der Waals surface area (Å²) in [4.78, 5) is 2.54. The Labute approximate surface area is 84.8 Å². The van der Waals surface area contributed by atoms with Crippen molar-refractivity contribution in [3.05, 3.63) is 0 Å². The zero-order chi connectivity index (χ0) is 9.54. The SMILES string of the molecule is O/N=C1/[C@H]2CC[C@H](C2)[C@@H]1N1CCCC1. The van der Waals surface area contributed by atoms with Gasteiger partial charge in [0.25, 0.3) is 0 Å². The van der Waals surface area contributed by atoms with Crippen molar-refractivity contribution >= 4 is 5.71 Å². The Bertz CT molecular complexity index is 258. The van der Waals surface area contributed by atoms with Gasteiger partial charge in [0.15, 0.2) is 0 Å². The second-order valence-electron chi connectivity index (χ2n) is 4.98. The molecule has 0 aromatic heterocycles. The Balaban J connectivity index is 1.83. The predicted molar refractivity (Wildman–Crippen MR) is 54.6 cm³/mol. The number of likely N-dealkylation sites (tertiary alicyclic amines) is 1. The third-order valence-corrected chi connectivity index (χ3v) is 4.29. The van der Waals surface area contributed by atoms with Crippen molar-refractivity contribution in [3.8, 4) is 0 Å². The molecular weight excluding hydrogens is 176 g/mol. The van der Waals surface area contributed by atoms with Crippen molar-refractivity contribution in [1.82, 2.24) is 4.90 Å². The first-order chi connectivity index (χ1) is 6.90. The van der Waals surface area contributed by atoms with Crippen LogP contribution in [0.15, 0.2) is 5.16 Å². The summed E-state index contributed by atoms with van der Waals surface area (Å²) in [7, 11) is 0. The Hall–Kier alpha value is -0.570. The van der Waals surface area contributed by atoms with Gasteiger partial charge in [-0.05, 0) is 51.1 Å². The average Bonchev–Trinajstić information content (AvgIpc) is 2.92. The fourth-order valence-corrected chi connectivity index (χ4v) is 3.70. The Kier molecular flexibility index (Phi) is 2.01. The van der Waals surface area contributed by atoms with Crippen molar-refractivity contribution in [3.63, 3.8) is 0 Å². The molecule has 78 valence electrons. The van der Waals surface area contributed by atoms with Crippen molar-refractivity contribution in [2.45, 2.75) is 38.1 Å². The largest absolute Gasteiger partial charge is 0.411 e. The number of fused-ring (bicyclic) bond motifs is 2. The molecule has 3 nitrogen and oxygen atoms in total. The van der Waals surface area contributed by atoms with Crippen LogP contribution < -0.4 is 0 Å². The summed E-state index contributed by atoms with van der Waals surface area (Å²) in [5.74, 6) is 1.40. The molecule has 3 rings (SSSR count). The zero-order valence-electron chi connectivity index (χ0n) is 8.52. The predicted octanol–water partition coefficient (Wildman–Crippen LogP) is 1.71. The minimum Gasteiger partial charge on any atom is -0.411 e. The van der Waals surface area contributed by atoms with E-state index in [1.165, 1.54) is 45.2 Å². The summed E-state index contributed by atoms with van der Waals surface area (Å²) >= 11 is 0. The number of nitrogens with zero attached hydrogens (tertiary/aromatic N) is 2. The summed E-state index contributed by atoms with van der Waals surface area (Å²) in [5, 5.41) is 12.7. The third kappa shape index (κ3) is 1.11. The van der Waals surface area contributed by atoms with E-state index in [4.69, 9.17) is 5.21 Å². The van der Waals surface area contributed by atoms with Crippen molar-refractivity contribution in [1.29, 1.82) is 0 Å². The van der Waals surface area contributed by atoms with E-state index in [0.717, 1.165) is 11.6 Å². The van der Waals surface area contributed by atoms with E-state index in [-0.39, 0.29) is 0 Å². The van der Waals surface area contributed by atoms with Gasteiger partial charge in [0.05, 0.1) is 11.8 Å². The maximum Gasteiger partial charge on any atom is 0.0775 e. The van der Waals surface area contributed by atoms with Crippen LogP contribution in [-0.4, -0.2) is 35.0 Å². The minimum atomic E-state index is 0.501. The first-order valence-electron chi connectivity index (χ1n) is 5.86. The fourth-order valence-electron chi connectivity index (χ4n) is 3.70. The lowest BCUT2D eigenvalue weighted by molar-refractivity contribution is 0.230. The molecule has 1 aliphatic heterocycles. The van der Waals surface area contributed by atoms with Crippen LogP contribution in [0.25, 0.3) is 0 Å². The van der Waals surface area contributed by atoms with Crippen molar-refractivity contribution < 1.29 is 5.21 Å². The van der Waals surface area contributed by atoms with Crippen LogP contribution in [-0.2, 0) is 0 Å². The van der Waals surface area contributed by atoms with Crippen LogP contribution in [0.5, 0.6) is 0 Å². The van der Waals surface area contributed by atoms with Gasteiger partial charge in [0.2, 0.25) is 0 Å². The molecule has 0 spiro atoms. The van der Waals surface area contributed by atoms with Crippen LogP contribution >= 0.6 is 0 Å². The molecule has 0 aromatic rings. The average molecular weight is 194 g/mol. The lowest BCUT2D eigenvalue weighted by atomic mass is 9.92. The topological polar surface area (TPSA) is 35.8 Å². The van der Waals surface area contributed by atoms with Crippen LogP contribution in [0.2, 0.25) is 0 Å². The molecule has 3 fully saturated rings. The quantitative estimate of drug-likeness (QED) is 0.509. The Morgan fingerprint density at radius 1 is 1.21 bits per heavy atom. The summed E-state index contributed by atoms with van der Waals surface area (Å²) in [6, 6.07) is 0.501. The lowest BCUT2D eigenvalue weighted by Gasteiger charge is -2.31.